The summed E-state index contributed by atoms with van der Waals surface area (Å²) in [4.78, 5) is 10.2. The van der Waals surface area contributed by atoms with Crippen LogP contribution in [0.3, 0.4) is 0 Å². The maximum Gasteiger partial charge on any atom is 0.341 e. The van der Waals surface area contributed by atoms with Gasteiger partial charge < -0.3 is 14.9 Å². The molecule has 2 N–H and O–H groups in total. The monoisotopic (exact) mass is 210 g/mol. The molecule has 0 aliphatic rings. The second-order valence-corrected chi connectivity index (χ2v) is 3.15. The zero-order valence-corrected chi connectivity index (χ0v) is 8.35. The SMILES string of the molecule is O=C(O)COc1ccc(CCCO)cc1. The molecule has 1 rings (SSSR count). The van der Waals surface area contributed by atoms with E-state index >= 15 is 0 Å². The second-order valence-electron chi connectivity index (χ2n) is 3.15. The molecule has 0 spiro atoms. The molecule has 0 unspecified atom stereocenters. The molecule has 0 saturated carbocycles. The van der Waals surface area contributed by atoms with Crippen LogP contribution in [0.25, 0.3) is 0 Å². The Hall–Kier alpha value is -1.55. The van der Waals surface area contributed by atoms with Crippen LogP contribution in [0.4, 0.5) is 0 Å². The standard InChI is InChI=1S/C11H14O4/c12-7-1-2-9-3-5-10(6-4-9)15-8-11(13)14/h3-6,12H,1-2,7-8H2,(H,13,14). The third-order valence-electron chi connectivity index (χ3n) is 1.91. The lowest BCUT2D eigenvalue weighted by molar-refractivity contribution is -0.139. The van der Waals surface area contributed by atoms with E-state index < -0.39 is 5.97 Å². The topological polar surface area (TPSA) is 66.8 Å². The number of hydrogen-bond donors (Lipinski definition) is 2. The normalized spacial score (nSPS) is 9.93. The highest BCUT2D eigenvalue weighted by Gasteiger charge is 1.99. The van der Waals surface area contributed by atoms with Gasteiger partial charge in [-0.05, 0) is 30.5 Å². The van der Waals surface area contributed by atoms with Crippen LogP contribution in [0.2, 0.25) is 0 Å². The second kappa shape index (κ2) is 6.03. The van der Waals surface area contributed by atoms with Gasteiger partial charge in [0.25, 0.3) is 0 Å². The van der Waals surface area contributed by atoms with Crippen molar-refractivity contribution in [3.63, 3.8) is 0 Å². The molecule has 0 radical (unpaired) electrons. The van der Waals surface area contributed by atoms with Crippen LogP contribution in [0, 0.1) is 0 Å². The van der Waals surface area contributed by atoms with Crippen LogP contribution in [-0.4, -0.2) is 29.4 Å². The smallest absolute Gasteiger partial charge is 0.341 e. The van der Waals surface area contributed by atoms with Crippen molar-refractivity contribution in [3.05, 3.63) is 29.8 Å². The van der Waals surface area contributed by atoms with Gasteiger partial charge in [0.2, 0.25) is 0 Å². The van der Waals surface area contributed by atoms with Gasteiger partial charge in [0.05, 0.1) is 0 Å². The molecule has 1 aromatic carbocycles. The first-order chi connectivity index (χ1) is 7.22. The van der Waals surface area contributed by atoms with Gasteiger partial charge in [-0.2, -0.15) is 0 Å². The lowest BCUT2D eigenvalue weighted by atomic mass is 10.1. The van der Waals surface area contributed by atoms with Crippen molar-refractivity contribution in [2.75, 3.05) is 13.2 Å². The van der Waals surface area contributed by atoms with E-state index in [9.17, 15) is 4.79 Å². The summed E-state index contributed by atoms with van der Waals surface area (Å²) in [5, 5.41) is 17.0. The molecule has 82 valence electrons. The summed E-state index contributed by atoms with van der Waals surface area (Å²) in [6.07, 6.45) is 1.55. The molecular formula is C11H14O4. The van der Waals surface area contributed by atoms with Crippen LogP contribution in [0.5, 0.6) is 5.75 Å². The Kier molecular flexibility index (Phi) is 4.63. The molecule has 0 bridgehead atoms. The van der Waals surface area contributed by atoms with Gasteiger partial charge in [-0.3, -0.25) is 0 Å². The quantitative estimate of drug-likeness (QED) is 0.737. The molecule has 0 aliphatic carbocycles. The molecule has 0 amide bonds. The summed E-state index contributed by atoms with van der Waals surface area (Å²) in [6, 6.07) is 7.20. The third-order valence-corrected chi connectivity index (χ3v) is 1.91. The van der Waals surface area contributed by atoms with E-state index in [4.69, 9.17) is 14.9 Å². The van der Waals surface area contributed by atoms with Crippen molar-refractivity contribution in [3.8, 4) is 5.75 Å². The van der Waals surface area contributed by atoms with Crippen LogP contribution >= 0.6 is 0 Å². The number of aryl methyl sites for hydroxylation is 1. The highest BCUT2D eigenvalue weighted by molar-refractivity contribution is 5.68. The molecule has 15 heavy (non-hydrogen) atoms. The van der Waals surface area contributed by atoms with Gasteiger partial charge in [-0.15, -0.1) is 0 Å². The largest absolute Gasteiger partial charge is 0.482 e. The van der Waals surface area contributed by atoms with Crippen molar-refractivity contribution < 1.29 is 19.7 Å². The van der Waals surface area contributed by atoms with E-state index in [0.29, 0.717) is 5.75 Å². The Morgan fingerprint density at radius 3 is 2.47 bits per heavy atom. The van der Waals surface area contributed by atoms with Crippen molar-refractivity contribution in [1.29, 1.82) is 0 Å². The van der Waals surface area contributed by atoms with E-state index in [-0.39, 0.29) is 13.2 Å². The molecule has 4 nitrogen and oxygen atoms in total. The highest BCUT2D eigenvalue weighted by atomic mass is 16.5. The first-order valence-electron chi connectivity index (χ1n) is 4.77. The maximum absolute atomic E-state index is 10.2. The lowest BCUT2D eigenvalue weighted by Crippen LogP contribution is -2.09. The summed E-state index contributed by atoms with van der Waals surface area (Å²) in [6.45, 7) is -0.146. The minimum atomic E-state index is -0.987. The summed E-state index contributed by atoms with van der Waals surface area (Å²) in [5.41, 5.74) is 1.10. The molecule has 0 aliphatic heterocycles. The fraction of sp³-hybridized carbons (Fsp3) is 0.364. The number of aliphatic carboxylic acids is 1. The molecule has 0 fully saturated rings. The fourth-order valence-electron chi connectivity index (χ4n) is 1.18. The molecule has 0 aromatic heterocycles. The number of aliphatic hydroxyl groups is 1. The van der Waals surface area contributed by atoms with Crippen LogP contribution < -0.4 is 4.74 Å². The molecule has 0 saturated heterocycles. The van der Waals surface area contributed by atoms with Crippen molar-refractivity contribution >= 4 is 5.97 Å². The number of rotatable bonds is 6. The Balaban J connectivity index is 2.45. The summed E-state index contributed by atoms with van der Waals surface area (Å²) in [5.74, 6) is -0.440. The Labute approximate surface area is 88.1 Å². The van der Waals surface area contributed by atoms with Gasteiger partial charge in [-0.1, -0.05) is 12.1 Å². The highest BCUT2D eigenvalue weighted by Crippen LogP contribution is 2.13. The molecule has 4 heteroatoms. The lowest BCUT2D eigenvalue weighted by Gasteiger charge is -2.04. The summed E-state index contributed by atoms with van der Waals surface area (Å²) < 4.78 is 4.98. The zero-order valence-electron chi connectivity index (χ0n) is 8.35. The van der Waals surface area contributed by atoms with Gasteiger partial charge >= 0.3 is 5.97 Å². The van der Waals surface area contributed by atoms with E-state index in [1.165, 1.54) is 0 Å². The van der Waals surface area contributed by atoms with Gasteiger partial charge in [0.1, 0.15) is 5.75 Å². The Morgan fingerprint density at radius 2 is 1.93 bits per heavy atom. The Morgan fingerprint density at radius 1 is 1.27 bits per heavy atom. The molecule has 1 aromatic rings. The van der Waals surface area contributed by atoms with E-state index in [2.05, 4.69) is 0 Å². The number of benzene rings is 1. The average Bonchev–Trinajstić information content (AvgIpc) is 2.25. The fourth-order valence-corrected chi connectivity index (χ4v) is 1.18. The van der Waals surface area contributed by atoms with Crippen molar-refractivity contribution in [2.45, 2.75) is 12.8 Å². The van der Waals surface area contributed by atoms with Gasteiger partial charge in [-0.25, -0.2) is 4.79 Å². The number of hydrogen-bond acceptors (Lipinski definition) is 3. The molecular weight excluding hydrogens is 196 g/mol. The number of aliphatic hydroxyl groups excluding tert-OH is 1. The van der Waals surface area contributed by atoms with Crippen molar-refractivity contribution in [2.24, 2.45) is 0 Å². The number of carboxylic acids is 1. The van der Waals surface area contributed by atoms with Crippen LogP contribution in [0.15, 0.2) is 24.3 Å². The minimum Gasteiger partial charge on any atom is -0.482 e. The summed E-state index contributed by atoms with van der Waals surface area (Å²) in [7, 11) is 0. The number of ether oxygens (including phenoxy) is 1. The van der Waals surface area contributed by atoms with Crippen LogP contribution in [0.1, 0.15) is 12.0 Å². The predicted octanol–water partition coefficient (Wildman–Crippen LogP) is 1.07. The van der Waals surface area contributed by atoms with Crippen LogP contribution in [-0.2, 0) is 11.2 Å². The average molecular weight is 210 g/mol. The first-order valence-corrected chi connectivity index (χ1v) is 4.77. The third kappa shape index (κ3) is 4.46. The summed E-state index contributed by atoms with van der Waals surface area (Å²) >= 11 is 0. The molecule has 0 heterocycles. The van der Waals surface area contributed by atoms with E-state index in [1.807, 2.05) is 12.1 Å². The first kappa shape index (κ1) is 11.5. The van der Waals surface area contributed by atoms with E-state index in [0.717, 1.165) is 18.4 Å². The number of carboxylic acid groups (broad SMARTS) is 1. The minimum absolute atomic E-state index is 0.178. The molecule has 0 atom stereocenters. The van der Waals surface area contributed by atoms with Crippen molar-refractivity contribution in [1.82, 2.24) is 0 Å². The number of carbonyl (C=O) groups is 1. The maximum atomic E-state index is 10.2. The van der Waals surface area contributed by atoms with E-state index in [1.54, 1.807) is 12.1 Å². The Bertz CT molecular complexity index is 305. The van der Waals surface area contributed by atoms with Gasteiger partial charge in [0, 0.05) is 6.61 Å². The zero-order chi connectivity index (χ0) is 11.1. The van der Waals surface area contributed by atoms with Gasteiger partial charge in [0.15, 0.2) is 6.61 Å². The predicted molar refractivity (Wildman–Crippen MR) is 55.0 cm³/mol.